The molecule has 25 heavy (non-hydrogen) atoms. The molecule has 0 radical (unpaired) electrons. The number of carbonyl (C=O) groups excluding carboxylic acids is 1. The van der Waals surface area contributed by atoms with E-state index in [9.17, 15) is 9.90 Å². The van der Waals surface area contributed by atoms with Crippen LogP contribution in [0.4, 0.5) is 0 Å². The third-order valence-corrected chi connectivity index (χ3v) is 3.89. The minimum absolute atomic E-state index is 0.166. The normalized spacial score (nSPS) is 11.9. The number of aryl methyl sites for hydroxylation is 1. The summed E-state index contributed by atoms with van der Waals surface area (Å²) in [5.74, 6) is 0.459. The fourth-order valence-electron chi connectivity index (χ4n) is 2.51. The molecule has 0 saturated carbocycles. The maximum atomic E-state index is 12.2. The van der Waals surface area contributed by atoms with Crippen molar-refractivity contribution in [1.82, 2.24) is 20.1 Å². The molecule has 0 bridgehead atoms. The largest absolute Gasteiger partial charge is 0.388 e. The highest BCUT2D eigenvalue weighted by molar-refractivity contribution is 5.94. The van der Waals surface area contributed by atoms with Gasteiger partial charge in [0.15, 0.2) is 5.82 Å². The highest BCUT2D eigenvalue weighted by atomic mass is 16.3. The van der Waals surface area contributed by atoms with Crippen LogP contribution in [0.1, 0.15) is 28.4 Å². The average Bonchev–Trinajstić information content (AvgIpc) is 3.09. The zero-order valence-corrected chi connectivity index (χ0v) is 14.0. The fourth-order valence-corrected chi connectivity index (χ4v) is 2.51. The van der Waals surface area contributed by atoms with Crippen LogP contribution in [0.2, 0.25) is 0 Å². The van der Waals surface area contributed by atoms with Crippen molar-refractivity contribution >= 4 is 5.91 Å². The van der Waals surface area contributed by atoms with Crippen LogP contribution in [0.5, 0.6) is 0 Å². The molecule has 0 spiro atoms. The van der Waals surface area contributed by atoms with Crippen LogP contribution < -0.4 is 5.32 Å². The molecule has 1 unspecified atom stereocenters. The molecule has 128 valence electrons. The number of hydrogen-bond acceptors (Lipinski definition) is 4. The van der Waals surface area contributed by atoms with E-state index in [4.69, 9.17) is 0 Å². The number of benzene rings is 2. The molecule has 3 aromatic rings. The second-order valence-electron chi connectivity index (χ2n) is 5.79. The first-order valence-electron chi connectivity index (χ1n) is 8.11. The van der Waals surface area contributed by atoms with Crippen molar-refractivity contribution < 1.29 is 9.90 Å². The van der Waals surface area contributed by atoms with E-state index in [1.165, 1.54) is 0 Å². The smallest absolute Gasteiger partial charge is 0.251 e. The molecule has 0 fully saturated rings. The summed E-state index contributed by atoms with van der Waals surface area (Å²) in [4.78, 5) is 16.4. The topological polar surface area (TPSA) is 80.0 Å². The van der Waals surface area contributed by atoms with Crippen molar-refractivity contribution in [2.75, 3.05) is 6.54 Å². The summed E-state index contributed by atoms with van der Waals surface area (Å²) >= 11 is 0. The quantitative estimate of drug-likeness (QED) is 0.724. The number of aromatic nitrogens is 3. The first-order valence-corrected chi connectivity index (χ1v) is 8.11. The SMILES string of the molecule is Cn1cnc(-c2ccc(C(=O)NCCC(O)c3ccccc3)cc2)n1. The van der Waals surface area contributed by atoms with Crippen LogP contribution in [-0.2, 0) is 7.05 Å². The molecule has 1 aromatic heterocycles. The Balaban J connectivity index is 1.53. The molecule has 3 rings (SSSR count). The van der Waals surface area contributed by atoms with Gasteiger partial charge in [0.1, 0.15) is 6.33 Å². The van der Waals surface area contributed by atoms with Gasteiger partial charge < -0.3 is 10.4 Å². The first kappa shape index (κ1) is 16.9. The van der Waals surface area contributed by atoms with Crippen LogP contribution >= 0.6 is 0 Å². The Morgan fingerprint density at radius 3 is 2.52 bits per heavy atom. The van der Waals surface area contributed by atoms with E-state index in [1.807, 2.05) is 49.5 Å². The Bertz CT molecular complexity index is 828. The summed E-state index contributed by atoms with van der Waals surface area (Å²) in [6.45, 7) is 0.401. The molecule has 0 saturated heterocycles. The van der Waals surface area contributed by atoms with Gasteiger partial charge >= 0.3 is 0 Å². The molecule has 0 aliphatic heterocycles. The number of amides is 1. The van der Waals surface area contributed by atoms with Crippen LogP contribution in [0.15, 0.2) is 60.9 Å². The van der Waals surface area contributed by atoms with Crippen LogP contribution in [0.3, 0.4) is 0 Å². The maximum absolute atomic E-state index is 12.2. The molecule has 0 aliphatic carbocycles. The van der Waals surface area contributed by atoms with E-state index in [1.54, 1.807) is 23.1 Å². The van der Waals surface area contributed by atoms with E-state index in [0.717, 1.165) is 11.1 Å². The number of rotatable bonds is 6. The van der Waals surface area contributed by atoms with Crippen molar-refractivity contribution in [3.8, 4) is 11.4 Å². The zero-order valence-electron chi connectivity index (χ0n) is 14.0. The van der Waals surface area contributed by atoms with Gasteiger partial charge in [0, 0.05) is 24.7 Å². The molecular weight excluding hydrogens is 316 g/mol. The minimum atomic E-state index is -0.584. The number of aliphatic hydroxyl groups is 1. The van der Waals surface area contributed by atoms with Gasteiger partial charge in [-0.2, -0.15) is 5.10 Å². The predicted octanol–water partition coefficient (Wildman–Crippen LogP) is 2.34. The molecule has 6 heteroatoms. The monoisotopic (exact) mass is 336 g/mol. The van der Waals surface area contributed by atoms with Gasteiger partial charge in [0.2, 0.25) is 0 Å². The Labute approximate surface area is 146 Å². The Morgan fingerprint density at radius 2 is 1.88 bits per heavy atom. The van der Waals surface area contributed by atoms with Crippen LogP contribution in [0, 0.1) is 0 Å². The molecular formula is C19H20N4O2. The van der Waals surface area contributed by atoms with Gasteiger partial charge in [-0.1, -0.05) is 42.5 Å². The molecule has 2 aromatic carbocycles. The molecule has 2 N–H and O–H groups in total. The molecule has 1 amide bonds. The minimum Gasteiger partial charge on any atom is -0.388 e. The van der Waals surface area contributed by atoms with Crippen molar-refractivity contribution in [3.63, 3.8) is 0 Å². The number of nitrogens with one attached hydrogen (secondary N) is 1. The van der Waals surface area contributed by atoms with Crippen molar-refractivity contribution in [3.05, 3.63) is 72.1 Å². The van der Waals surface area contributed by atoms with Gasteiger partial charge in [-0.15, -0.1) is 0 Å². The van der Waals surface area contributed by atoms with E-state index >= 15 is 0 Å². The number of hydrogen-bond donors (Lipinski definition) is 2. The van der Waals surface area contributed by atoms with Crippen LogP contribution in [0.25, 0.3) is 11.4 Å². The summed E-state index contributed by atoms with van der Waals surface area (Å²) in [5.41, 5.74) is 2.27. The zero-order chi connectivity index (χ0) is 17.6. The number of carbonyl (C=O) groups is 1. The van der Waals surface area contributed by atoms with E-state index in [-0.39, 0.29) is 5.91 Å². The second kappa shape index (κ2) is 7.72. The second-order valence-corrected chi connectivity index (χ2v) is 5.79. The van der Waals surface area contributed by atoms with Gasteiger partial charge in [-0.3, -0.25) is 9.48 Å². The Morgan fingerprint density at radius 1 is 1.16 bits per heavy atom. The summed E-state index contributed by atoms with van der Waals surface area (Å²) in [5, 5.41) is 17.2. The lowest BCUT2D eigenvalue weighted by molar-refractivity contribution is 0.0942. The van der Waals surface area contributed by atoms with Gasteiger partial charge in [0.05, 0.1) is 6.10 Å². The maximum Gasteiger partial charge on any atom is 0.251 e. The molecule has 0 aliphatic rings. The van der Waals surface area contributed by atoms with Gasteiger partial charge in [-0.05, 0) is 24.1 Å². The lowest BCUT2D eigenvalue weighted by atomic mass is 10.1. The highest BCUT2D eigenvalue weighted by Crippen LogP contribution is 2.16. The highest BCUT2D eigenvalue weighted by Gasteiger charge is 2.10. The van der Waals surface area contributed by atoms with Crippen molar-refractivity contribution in [2.24, 2.45) is 7.05 Å². The van der Waals surface area contributed by atoms with E-state index in [2.05, 4.69) is 15.4 Å². The first-order chi connectivity index (χ1) is 12.1. The number of nitrogens with zero attached hydrogens (tertiary/aromatic N) is 3. The standard InChI is InChI=1S/C19H20N4O2/c1-23-13-21-18(22-23)15-7-9-16(10-8-15)19(25)20-12-11-17(24)14-5-3-2-4-6-14/h2-10,13,17,24H,11-12H2,1H3,(H,20,25). The summed E-state index contributed by atoms with van der Waals surface area (Å²) in [7, 11) is 1.81. The van der Waals surface area contributed by atoms with Gasteiger partial charge in [-0.25, -0.2) is 4.98 Å². The Hall–Kier alpha value is -2.99. The summed E-state index contributed by atoms with van der Waals surface area (Å²) in [6, 6.07) is 16.6. The van der Waals surface area contributed by atoms with Crippen LogP contribution in [-0.4, -0.2) is 32.3 Å². The molecule has 1 heterocycles. The predicted molar refractivity (Wildman–Crippen MR) is 94.8 cm³/mol. The third-order valence-electron chi connectivity index (χ3n) is 3.89. The summed E-state index contributed by atoms with van der Waals surface area (Å²) < 4.78 is 1.63. The van der Waals surface area contributed by atoms with Crippen molar-refractivity contribution in [2.45, 2.75) is 12.5 Å². The lowest BCUT2D eigenvalue weighted by Gasteiger charge is -2.11. The fraction of sp³-hybridized carbons (Fsp3) is 0.211. The third kappa shape index (κ3) is 4.30. The number of aliphatic hydroxyl groups excluding tert-OH is 1. The van der Waals surface area contributed by atoms with Crippen molar-refractivity contribution in [1.29, 1.82) is 0 Å². The lowest BCUT2D eigenvalue weighted by Crippen LogP contribution is -2.25. The average molecular weight is 336 g/mol. The molecule has 1 atom stereocenters. The van der Waals surface area contributed by atoms with E-state index < -0.39 is 6.10 Å². The summed E-state index contributed by atoms with van der Waals surface area (Å²) in [6.07, 6.45) is 1.51. The van der Waals surface area contributed by atoms with Gasteiger partial charge in [0.25, 0.3) is 5.91 Å². The Kier molecular flexibility index (Phi) is 5.20. The molecule has 6 nitrogen and oxygen atoms in total. The van der Waals surface area contributed by atoms with E-state index in [0.29, 0.717) is 24.4 Å².